The maximum Gasteiger partial charge on any atom is 0.408 e. The maximum atomic E-state index is 12.8. The minimum Gasteiger partial charge on any atom is -0.446 e. The van der Waals surface area contributed by atoms with E-state index in [1.807, 2.05) is 18.7 Å². The zero-order valence-corrected chi connectivity index (χ0v) is 28.9. The number of benzene rings is 1. The topological polar surface area (TPSA) is 156 Å². The van der Waals surface area contributed by atoms with Crippen molar-refractivity contribution >= 4 is 44.3 Å². The summed E-state index contributed by atoms with van der Waals surface area (Å²) in [6, 6.07) is 5.65. The first-order chi connectivity index (χ1) is 21.0. The summed E-state index contributed by atoms with van der Waals surface area (Å²) in [5, 5.41) is 2.87. The molecule has 1 aromatic carbocycles. The third kappa shape index (κ3) is 16.7. The third-order valence-electron chi connectivity index (χ3n) is 7.33. The monoisotopic (exact) mass is 701 g/mol. The molecule has 12 heteroatoms. The van der Waals surface area contributed by atoms with Crippen molar-refractivity contribution in [3.8, 4) is 0 Å². The van der Waals surface area contributed by atoms with Gasteiger partial charge in [0, 0.05) is 23.6 Å². The number of alkyl carbamates (subject to hydrolysis) is 1. The average Bonchev–Trinajstić information content (AvgIpc) is 3.37. The van der Waals surface area contributed by atoms with Crippen LogP contribution in [0, 0.1) is 5.92 Å². The van der Waals surface area contributed by atoms with Crippen LogP contribution in [0.25, 0.3) is 0 Å². The number of nitrogens with zero attached hydrogens (tertiary/aromatic N) is 1. The van der Waals surface area contributed by atoms with Crippen molar-refractivity contribution in [2.75, 3.05) is 13.1 Å². The molecule has 1 aromatic rings. The Morgan fingerprint density at radius 1 is 1.09 bits per heavy atom. The molecule has 10 nitrogen and oxygen atoms in total. The summed E-state index contributed by atoms with van der Waals surface area (Å²) < 4.78 is 35.8. The fourth-order valence-electron chi connectivity index (χ4n) is 4.87. The van der Waals surface area contributed by atoms with Gasteiger partial charge in [-0.05, 0) is 101 Å². The van der Waals surface area contributed by atoms with Crippen LogP contribution in [0.3, 0.4) is 0 Å². The van der Waals surface area contributed by atoms with Crippen LogP contribution in [0.2, 0.25) is 0 Å². The van der Waals surface area contributed by atoms with Crippen LogP contribution in [0.5, 0.6) is 0 Å². The van der Waals surface area contributed by atoms with Crippen LogP contribution in [0.4, 0.5) is 4.79 Å². The largest absolute Gasteiger partial charge is 0.446 e. The van der Waals surface area contributed by atoms with Crippen molar-refractivity contribution in [2.45, 2.75) is 121 Å². The molecule has 250 valence electrons. The quantitative estimate of drug-likeness (QED) is 0.103. The standard InChI is InChI=1S/C22H37N3O3.C6H5BrO3S.C2H4O.C2H6/c23-19-16-17(19)10-4-2-1-3-5-13-20(21(26)25-14-8-9-15-25)24-22(27)28-18-11-6-7-12-18;7-5-1-3-6(4-2-5)11(8,9)10;1-2-3;1-2/h4,10,17-20H,1-3,5-9,11-16,23H2,(H,24,27);1-4H,(H,8,9,10);2H,1H3;1-2H3/b10-4-;;;/t17?,19-,20?;;;/m1.../s1. The molecule has 2 amide bonds. The van der Waals surface area contributed by atoms with Gasteiger partial charge in [-0.15, -0.1) is 0 Å². The number of carbonyl (C=O) groups excluding carboxylic acids is 3. The summed E-state index contributed by atoms with van der Waals surface area (Å²) in [7, 11) is -4.04. The molecule has 0 radical (unpaired) electrons. The Labute approximate surface area is 272 Å². The van der Waals surface area contributed by atoms with E-state index in [-0.39, 0.29) is 16.9 Å². The zero-order valence-electron chi connectivity index (χ0n) is 26.5. The van der Waals surface area contributed by atoms with Gasteiger partial charge in [-0.1, -0.05) is 54.8 Å². The minimum absolute atomic E-state index is 0.0221. The van der Waals surface area contributed by atoms with Crippen molar-refractivity contribution in [3.63, 3.8) is 0 Å². The molecule has 2 saturated carbocycles. The van der Waals surface area contributed by atoms with Gasteiger partial charge in [-0.3, -0.25) is 9.35 Å². The van der Waals surface area contributed by atoms with Crippen molar-refractivity contribution in [1.29, 1.82) is 0 Å². The summed E-state index contributed by atoms with van der Waals surface area (Å²) in [6.45, 7) is 7.06. The Morgan fingerprint density at radius 2 is 1.66 bits per heavy atom. The van der Waals surface area contributed by atoms with E-state index in [1.54, 1.807) is 12.1 Å². The fraction of sp³-hybridized carbons (Fsp3) is 0.656. The number of aldehydes is 1. The average molecular weight is 703 g/mol. The Hall–Kier alpha value is -2.28. The first-order valence-corrected chi connectivity index (χ1v) is 18.1. The summed E-state index contributed by atoms with van der Waals surface area (Å²) in [5.74, 6) is 0.654. The molecular formula is C32H52BrN3O7S. The first-order valence-electron chi connectivity index (χ1n) is 15.9. The minimum atomic E-state index is -4.04. The highest BCUT2D eigenvalue weighted by Crippen LogP contribution is 2.29. The van der Waals surface area contributed by atoms with E-state index in [0.717, 1.165) is 94.5 Å². The van der Waals surface area contributed by atoms with Crippen molar-refractivity contribution in [2.24, 2.45) is 11.7 Å². The van der Waals surface area contributed by atoms with Gasteiger partial charge in [0.25, 0.3) is 10.1 Å². The van der Waals surface area contributed by atoms with Gasteiger partial charge in [0.2, 0.25) is 5.91 Å². The van der Waals surface area contributed by atoms with Crippen LogP contribution in [0.15, 0.2) is 45.8 Å². The van der Waals surface area contributed by atoms with E-state index in [4.69, 9.17) is 19.8 Å². The third-order valence-corrected chi connectivity index (χ3v) is 8.73. The lowest BCUT2D eigenvalue weighted by Gasteiger charge is -2.24. The number of likely N-dealkylation sites (tertiary alicyclic amines) is 1. The Morgan fingerprint density at radius 3 is 2.18 bits per heavy atom. The predicted octanol–water partition coefficient (Wildman–Crippen LogP) is 6.43. The smallest absolute Gasteiger partial charge is 0.408 e. The van der Waals surface area contributed by atoms with Crippen molar-refractivity contribution in [3.05, 3.63) is 40.9 Å². The number of ether oxygens (including phenoxy) is 1. The van der Waals surface area contributed by atoms with Crippen LogP contribution in [0.1, 0.15) is 97.8 Å². The molecule has 4 rings (SSSR count). The predicted molar refractivity (Wildman–Crippen MR) is 177 cm³/mol. The number of nitrogens with one attached hydrogen (secondary N) is 1. The SMILES string of the molecule is CC.CC=O.N[C@@H]1CC1/C=C\CCCCCC(NC(=O)OC1CCCC1)C(=O)N1CCCC1.O=S(=O)(O)c1ccc(Br)cc1. The highest BCUT2D eigenvalue weighted by molar-refractivity contribution is 9.10. The van der Waals surface area contributed by atoms with E-state index < -0.39 is 22.3 Å². The number of rotatable bonds is 11. The summed E-state index contributed by atoms with van der Waals surface area (Å²) in [6.07, 6.45) is 17.0. The second-order valence-electron chi connectivity index (χ2n) is 10.8. The molecule has 3 aliphatic rings. The number of hydrogen-bond acceptors (Lipinski definition) is 7. The lowest BCUT2D eigenvalue weighted by molar-refractivity contribution is -0.132. The molecule has 1 aliphatic heterocycles. The van der Waals surface area contributed by atoms with Gasteiger partial charge in [-0.2, -0.15) is 8.42 Å². The lowest BCUT2D eigenvalue weighted by Crippen LogP contribution is -2.48. The number of allylic oxidation sites excluding steroid dienone is 1. The molecule has 4 N–H and O–H groups in total. The Balaban J connectivity index is 0.000000502. The summed E-state index contributed by atoms with van der Waals surface area (Å²) >= 11 is 3.14. The molecule has 2 unspecified atom stereocenters. The van der Waals surface area contributed by atoms with Gasteiger partial charge in [-0.25, -0.2) is 4.79 Å². The summed E-state index contributed by atoms with van der Waals surface area (Å²) in [5.41, 5.74) is 5.80. The maximum absolute atomic E-state index is 12.8. The molecule has 3 fully saturated rings. The van der Waals surface area contributed by atoms with Gasteiger partial charge in [0.1, 0.15) is 18.4 Å². The van der Waals surface area contributed by atoms with Crippen LogP contribution >= 0.6 is 15.9 Å². The molecule has 1 saturated heterocycles. The normalized spacial score (nSPS) is 19.8. The first kappa shape index (κ1) is 39.7. The highest BCUT2D eigenvalue weighted by Gasteiger charge is 2.30. The molecule has 0 aromatic heterocycles. The number of carbonyl (C=O) groups is 3. The molecule has 1 heterocycles. The Kier molecular flexibility index (Phi) is 20.1. The van der Waals surface area contributed by atoms with Gasteiger partial charge in [0.15, 0.2) is 0 Å². The van der Waals surface area contributed by atoms with E-state index in [0.29, 0.717) is 18.4 Å². The van der Waals surface area contributed by atoms with Crippen LogP contribution < -0.4 is 11.1 Å². The second-order valence-corrected chi connectivity index (χ2v) is 13.2. The molecule has 0 spiro atoms. The summed E-state index contributed by atoms with van der Waals surface area (Å²) in [4.78, 5) is 35.7. The molecule has 44 heavy (non-hydrogen) atoms. The Bertz CT molecular complexity index is 1100. The number of halogens is 1. The van der Waals surface area contributed by atoms with E-state index >= 15 is 0 Å². The number of amides is 2. The molecule has 3 atom stereocenters. The molecule has 0 bridgehead atoms. The van der Waals surface area contributed by atoms with E-state index in [2.05, 4.69) is 33.4 Å². The fourth-order valence-corrected chi connectivity index (χ4v) is 5.62. The lowest BCUT2D eigenvalue weighted by atomic mass is 10.1. The number of hydrogen-bond donors (Lipinski definition) is 3. The zero-order chi connectivity index (χ0) is 33.0. The van der Waals surface area contributed by atoms with E-state index in [1.165, 1.54) is 19.1 Å². The van der Waals surface area contributed by atoms with Gasteiger partial charge < -0.3 is 25.5 Å². The van der Waals surface area contributed by atoms with Crippen molar-refractivity contribution in [1.82, 2.24) is 10.2 Å². The van der Waals surface area contributed by atoms with Crippen LogP contribution in [-0.4, -0.2) is 67.4 Å². The number of nitrogens with two attached hydrogens (primary N) is 1. The van der Waals surface area contributed by atoms with Crippen LogP contribution in [-0.2, 0) is 24.4 Å². The highest BCUT2D eigenvalue weighted by atomic mass is 79.9. The van der Waals surface area contributed by atoms with E-state index in [9.17, 15) is 18.0 Å². The second kappa shape index (κ2) is 22.3. The molecule has 2 aliphatic carbocycles. The van der Waals surface area contributed by atoms with Crippen molar-refractivity contribution < 1.29 is 32.1 Å². The molecular weight excluding hydrogens is 650 g/mol. The number of unbranched alkanes of at least 4 members (excludes halogenated alkanes) is 3. The van der Waals surface area contributed by atoms with Gasteiger partial charge in [0.05, 0.1) is 4.90 Å². The van der Waals surface area contributed by atoms with Gasteiger partial charge >= 0.3 is 6.09 Å².